The fraction of sp³-hybridized carbons (Fsp3) is 0.0769. The van der Waals surface area contributed by atoms with E-state index in [1.165, 1.54) is 17.4 Å². The monoisotopic (exact) mass is 308 g/mol. The van der Waals surface area contributed by atoms with Crippen molar-refractivity contribution >= 4 is 50.6 Å². The topological polar surface area (TPSA) is 49.8 Å². The van der Waals surface area contributed by atoms with Crippen molar-refractivity contribution in [1.29, 1.82) is 0 Å². The molecule has 2 N–H and O–H groups in total. The molecule has 0 aliphatic heterocycles. The van der Waals surface area contributed by atoms with Crippen LogP contribution < -0.4 is 10.6 Å². The predicted molar refractivity (Wildman–Crippen MR) is 81.7 cm³/mol. The zero-order valence-electron chi connectivity index (χ0n) is 10.4. The second kappa shape index (κ2) is 5.22. The number of hydrogen-bond acceptors (Lipinski definition) is 5. The molecule has 0 atom stereocenters. The zero-order chi connectivity index (χ0) is 14.1. The van der Waals surface area contributed by atoms with Gasteiger partial charge in [-0.05, 0) is 29.6 Å². The lowest BCUT2D eigenvalue weighted by Gasteiger charge is -2.09. The Balaban J connectivity index is 2.07. The molecule has 0 aliphatic carbocycles. The molecule has 0 amide bonds. The lowest BCUT2D eigenvalue weighted by Crippen LogP contribution is -2.01. The van der Waals surface area contributed by atoms with Gasteiger partial charge in [-0.1, -0.05) is 11.6 Å². The number of nitrogens with one attached hydrogen (secondary N) is 2. The van der Waals surface area contributed by atoms with Crippen LogP contribution in [0.25, 0.3) is 10.2 Å². The lowest BCUT2D eigenvalue weighted by atomic mass is 10.3. The highest BCUT2D eigenvalue weighted by Gasteiger charge is 2.10. The van der Waals surface area contributed by atoms with Crippen LogP contribution >= 0.6 is 22.9 Å². The van der Waals surface area contributed by atoms with Crippen LogP contribution in [0, 0.1) is 5.82 Å². The van der Waals surface area contributed by atoms with Crippen molar-refractivity contribution in [1.82, 2.24) is 9.97 Å². The van der Waals surface area contributed by atoms with Crippen LogP contribution in [0.2, 0.25) is 5.02 Å². The molecule has 4 nitrogen and oxygen atoms in total. The molecule has 0 saturated carbocycles. The van der Waals surface area contributed by atoms with Crippen LogP contribution in [-0.2, 0) is 0 Å². The Kier molecular flexibility index (Phi) is 3.42. The summed E-state index contributed by atoms with van der Waals surface area (Å²) >= 11 is 7.25. The highest BCUT2D eigenvalue weighted by atomic mass is 35.5. The molecule has 0 bridgehead atoms. The van der Waals surface area contributed by atoms with Gasteiger partial charge in [0, 0.05) is 12.1 Å². The highest BCUT2D eigenvalue weighted by molar-refractivity contribution is 7.16. The molecule has 0 unspecified atom stereocenters. The number of thiophene rings is 1. The Labute approximate surface area is 123 Å². The Hall–Kier alpha value is -1.92. The smallest absolute Gasteiger partial charge is 0.225 e. The van der Waals surface area contributed by atoms with E-state index in [0.29, 0.717) is 22.5 Å². The quantitative estimate of drug-likeness (QED) is 0.758. The van der Waals surface area contributed by atoms with Gasteiger partial charge in [0.1, 0.15) is 16.5 Å². The first-order valence-electron chi connectivity index (χ1n) is 5.82. The molecular weight excluding hydrogens is 299 g/mol. The number of benzene rings is 1. The molecule has 2 heterocycles. The molecule has 7 heteroatoms. The minimum Gasteiger partial charge on any atom is -0.357 e. The fourth-order valence-corrected chi connectivity index (χ4v) is 2.70. The average molecular weight is 309 g/mol. The molecule has 3 rings (SSSR count). The van der Waals surface area contributed by atoms with Gasteiger partial charge in [0.05, 0.1) is 11.1 Å². The standard InChI is InChI=1S/C13H10ClFN4S/c1-16-13-18-11(8-4-5-20-12(8)19-13)17-10-3-2-7(14)6-9(10)15/h2-6H,1H3,(H2,16,17,18,19). The summed E-state index contributed by atoms with van der Waals surface area (Å²) in [5.41, 5.74) is 0.322. The van der Waals surface area contributed by atoms with Gasteiger partial charge in [0.25, 0.3) is 0 Å². The fourth-order valence-electron chi connectivity index (χ4n) is 1.78. The van der Waals surface area contributed by atoms with E-state index in [9.17, 15) is 4.39 Å². The molecule has 20 heavy (non-hydrogen) atoms. The highest BCUT2D eigenvalue weighted by Crippen LogP contribution is 2.30. The summed E-state index contributed by atoms with van der Waals surface area (Å²) in [4.78, 5) is 9.49. The minimum absolute atomic E-state index is 0.322. The van der Waals surface area contributed by atoms with Gasteiger partial charge in [-0.25, -0.2) is 9.37 Å². The van der Waals surface area contributed by atoms with Crippen molar-refractivity contribution in [2.24, 2.45) is 0 Å². The SMILES string of the molecule is CNc1nc(Nc2ccc(Cl)cc2F)c2ccsc2n1. The maximum Gasteiger partial charge on any atom is 0.225 e. The first-order valence-corrected chi connectivity index (χ1v) is 7.08. The van der Waals surface area contributed by atoms with Gasteiger partial charge in [0.15, 0.2) is 0 Å². The van der Waals surface area contributed by atoms with E-state index in [2.05, 4.69) is 20.6 Å². The number of anilines is 3. The summed E-state index contributed by atoms with van der Waals surface area (Å²) in [7, 11) is 1.74. The van der Waals surface area contributed by atoms with Crippen molar-refractivity contribution in [3.05, 3.63) is 40.5 Å². The van der Waals surface area contributed by atoms with Crippen LogP contribution in [0.3, 0.4) is 0 Å². The van der Waals surface area contributed by atoms with E-state index in [0.717, 1.165) is 10.2 Å². The Bertz CT molecular complexity index is 774. The second-order valence-corrected chi connectivity index (χ2v) is 5.37. The van der Waals surface area contributed by atoms with Crippen molar-refractivity contribution in [2.75, 3.05) is 17.7 Å². The zero-order valence-corrected chi connectivity index (χ0v) is 12.0. The van der Waals surface area contributed by atoms with E-state index in [1.54, 1.807) is 19.2 Å². The van der Waals surface area contributed by atoms with Crippen LogP contribution in [0.5, 0.6) is 0 Å². The first-order chi connectivity index (χ1) is 9.67. The number of hydrogen-bond donors (Lipinski definition) is 2. The molecule has 0 radical (unpaired) electrons. The van der Waals surface area contributed by atoms with Crippen LogP contribution in [0.4, 0.5) is 21.8 Å². The van der Waals surface area contributed by atoms with E-state index in [4.69, 9.17) is 11.6 Å². The van der Waals surface area contributed by atoms with Crippen LogP contribution in [-0.4, -0.2) is 17.0 Å². The number of rotatable bonds is 3. The van der Waals surface area contributed by atoms with Gasteiger partial charge >= 0.3 is 0 Å². The molecule has 3 aromatic rings. The lowest BCUT2D eigenvalue weighted by molar-refractivity contribution is 0.632. The van der Waals surface area contributed by atoms with Crippen LogP contribution in [0.1, 0.15) is 0 Å². The molecule has 2 aromatic heterocycles. The number of halogens is 2. The largest absolute Gasteiger partial charge is 0.357 e. The predicted octanol–water partition coefficient (Wildman–Crippen LogP) is 4.27. The summed E-state index contributed by atoms with van der Waals surface area (Å²) < 4.78 is 13.8. The summed E-state index contributed by atoms with van der Waals surface area (Å²) in [6, 6.07) is 6.36. The van der Waals surface area contributed by atoms with E-state index in [1.807, 2.05) is 11.4 Å². The van der Waals surface area contributed by atoms with Crippen molar-refractivity contribution in [2.45, 2.75) is 0 Å². The van der Waals surface area contributed by atoms with E-state index in [-0.39, 0.29) is 0 Å². The average Bonchev–Trinajstić information content (AvgIpc) is 2.90. The normalized spacial score (nSPS) is 10.8. The molecule has 1 aromatic carbocycles. The van der Waals surface area contributed by atoms with Crippen molar-refractivity contribution in [3.63, 3.8) is 0 Å². The third-order valence-corrected chi connectivity index (χ3v) is 3.77. The van der Waals surface area contributed by atoms with Crippen molar-refractivity contribution < 1.29 is 4.39 Å². The Morgan fingerprint density at radius 1 is 1.25 bits per heavy atom. The van der Waals surface area contributed by atoms with Gasteiger partial charge in [0.2, 0.25) is 5.95 Å². The van der Waals surface area contributed by atoms with Gasteiger partial charge in [-0.15, -0.1) is 11.3 Å². The molecule has 0 fully saturated rings. The molecule has 0 aliphatic rings. The van der Waals surface area contributed by atoms with Gasteiger partial charge in [-0.2, -0.15) is 4.98 Å². The summed E-state index contributed by atoms with van der Waals surface area (Å²) in [6.45, 7) is 0. The van der Waals surface area contributed by atoms with E-state index >= 15 is 0 Å². The van der Waals surface area contributed by atoms with Crippen LogP contribution in [0.15, 0.2) is 29.6 Å². The molecule has 102 valence electrons. The third kappa shape index (κ3) is 2.39. The third-order valence-electron chi connectivity index (χ3n) is 2.73. The van der Waals surface area contributed by atoms with E-state index < -0.39 is 5.82 Å². The number of fused-ring (bicyclic) bond motifs is 1. The minimum atomic E-state index is -0.425. The Morgan fingerprint density at radius 2 is 2.10 bits per heavy atom. The summed E-state index contributed by atoms with van der Waals surface area (Å²) in [5, 5.41) is 9.00. The molecule has 0 spiro atoms. The summed E-state index contributed by atoms with van der Waals surface area (Å²) in [5.74, 6) is 0.615. The molecular formula is C13H10ClFN4S. The maximum atomic E-state index is 13.8. The van der Waals surface area contributed by atoms with Crippen molar-refractivity contribution in [3.8, 4) is 0 Å². The van der Waals surface area contributed by atoms with Gasteiger partial charge < -0.3 is 10.6 Å². The number of aromatic nitrogens is 2. The number of nitrogens with zero attached hydrogens (tertiary/aromatic N) is 2. The molecule has 0 saturated heterocycles. The van der Waals surface area contributed by atoms with Gasteiger partial charge in [-0.3, -0.25) is 0 Å². The first kappa shape index (κ1) is 13.1. The summed E-state index contributed by atoms with van der Waals surface area (Å²) in [6.07, 6.45) is 0. The maximum absolute atomic E-state index is 13.8. The second-order valence-electron chi connectivity index (χ2n) is 4.03. The Morgan fingerprint density at radius 3 is 2.85 bits per heavy atom.